The van der Waals surface area contributed by atoms with Crippen LogP contribution in [-0.2, 0) is 6.54 Å². The largest absolute Gasteiger partial charge is 0.497 e. The maximum absolute atomic E-state index is 13.9. The number of hydrogen-bond acceptors (Lipinski definition) is 3. The van der Waals surface area contributed by atoms with Gasteiger partial charge >= 0.3 is 0 Å². The standard InChI is InChI=1S/C17H18FNO2/c1-3-16(20)14-5-4-6-15(18)17(14)19-11-12-7-9-13(21-2)10-8-12/h4-10,19H,3,11H2,1-2H3. The van der Waals surface area contributed by atoms with E-state index < -0.39 is 5.82 Å². The molecular weight excluding hydrogens is 269 g/mol. The van der Waals surface area contributed by atoms with E-state index in [1.54, 1.807) is 26.2 Å². The Morgan fingerprint density at radius 3 is 2.52 bits per heavy atom. The maximum Gasteiger partial charge on any atom is 0.164 e. The normalized spacial score (nSPS) is 10.2. The minimum atomic E-state index is -0.414. The Balaban J connectivity index is 2.17. The Bertz CT molecular complexity index is 623. The molecule has 0 bridgehead atoms. The molecule has 0 aromatic heterocycles. The van der Waals surface area contributed by atoms with Crippen molar-refractivity contribution in [1.29, 1.82) is 0 Å². The number of rotatable bonds is 6. The van der Waals surface area contributed by atoms with E-state index in [4.69, 9.17) is 4.74 Å². The van der Waals surface area contributed by atoms with Gasteiger partial charge in [0.1, 0.15) is 11.6 Å². The van der Waals surface area contributed by atoms with E-state index in [9.17, 15) is 9.18 Å². The lowest BCUT2D eigenvalue weighted by Crippen LogP contribution is -2.08. The number of carbonyl (C=O) groups is 1. The molecule has 0 aliphatic carbocycles. The summed E-state index contributed by atoms with van der Waals surface area (Å²) < 4.78 is 19.0. The van der Waals surface area contributed by atoms with Gasteiger partial charge in [0.05, 0.1) is 12.8 Å². The van der Waals surface area contributed by atoms with E-state index in [-0.39, 0.29) is 11.5 Å². The van der Waals surface area contributed by atoms with Crippen LogP contribution in [0.3, 0.4) is 0 Å². The molecule has 0 saturated heterocycles. The average Bonchev–Trinajstić information content (AvgIpc) is 2.53. The van der Waals surface area contributed by atoms with Crippen molar-refractivity contribution < 1.29 is 13.9 Å². The van der Waals surface area contributed by atoms with Gasteiger partial charge in [-0.2, -0.15) is 0 Å². The minimum Gasteiger partial charge on any atom is -0.497 e. The van der Waals surface area contributed by atoms with E-state index in [1.807, 2.05) is 24.3 Å². The lowest BCUT2D eigenvalue weighted by molar-refractivity contribution is 0.0988. The topological polar surface area (TPSA) is 38.3 Å². The van der Waals surface area contributed by atoms with Crippen LogP contribution in [0.1, 0.15) is 29.3 Å². The molecule has 0 aliphatic rings. The summed E-state index contributed by atoms with van der Waals surface area (Å²) in [5.74, 6) is 0.279. The summed E-state index contributed by atoms with van der Waals surface area (Å²) in [5, 5.41) is 3.01. The number of para-hydroxylation sites is 1. The van der Waals surface area contributed by atoms with Crippen LogP contribution in [0.5, 0.6) is 5.75 Å². The molecule has 2 aromatic rings. The Kier molecular flexibility index (Phi) is 4.93. The van der Waals surface area contributed by atoms with Crippen LogP contribution < -0.4 is 10.1 Å². The SMILES string of the molecule is CCC(=O)c1cccc(F)c1NCc1ccc(OC)cc1. The van der Waals surface area contributed by atoms with E-state index in [0.717, 1.165) is 11.3 Å². The minimum absolute atomic E-state index is 0.0771. The zero-order valence-corrected chi connectivity index (χ0v) is 12.2. The van der Waals surface area contributed by atoms with Crippen LogP contribution in [0.2, 0.25) is 0 Å². The molecule has 0 unspecified atom stereocenters. The third-order valence-electron chi connectivity index (χ3n) is 3.26. The van der Waals surface area contributed by atoms with E-state index in [1.165, 1.54) is 6.07 Å². The number of benzene rings is 2. The average molecular weight is 287 g/mol. The Morgan fingerprint density at radius 1 is 1.19 bits per heavy atom. The van der Waals surface area contributed by atoms with E-state index in [0.29, 0.717) is 18.5 Å². The zero-order valence-electron chi connectivity index (χ0n) is 12.2. The van der Waals surface area contributed by atoms with Gasteiger partial charge in [-0.3, -0.25) is 4.79 Å². The molecule has 0 spiro atoms. The van der Waals surface area contributed by atoms with Gasteiger partial charge in [-0.1, -0.05) is 25.1 Å². The molecule has 0 saturated carbocycles. The monoisotopic (exact) mass is 287 g/mol. The van der Waals surface area contributed by atoms with Crippen LogP contribution in [0.4, 0.5) is 10.1 Å². The summed E-state index contributed by atoms with van der Waals surface area (Å²) in [5.41, 5.74) is 1.64. The van der Waals surface area contributed by atoms with Crippen LogP contribution >= 0.6 is 0 Å². The number of methoxy groups -OCH3 is 1. The lowest BCUT2D eigenvalue weighted by Gasteiger charge is -2.12. The number of hydrogen-bond donors (Lipinski definition) is 1. The fraction of sp³-hybridized carbons (Fsp3) is 0.235. The van der Waals surface area contributed by atoms with Crippen LogP contribution in [0, 0.1) is 5.82 Å². The van der Waals surface area contributed by atoms with Crippen molar-refractivity contribution >= 4 is 11.5 Å². The van der Waals surface area contributed by atoms with Crippen LogP contribution in [0.25, 0.3) is 0 Å². The molecule has 2 rings (SSSR count). The van der Waals surface area contributed by atoms with E-state index in [2.05, 4.69) is 5.32 Å². The summed E-state index contributed by atoms with van der Waals surface area (Å²) in [4.78, 5) is 11.9. The number of anilines is 1. The van der Waals surface area contributed by atoms with Gasteiger partial charge in [-0.25, -0.2) is 4.39 Å². The Labute approximate surface area is 123 Å². The Hall–Kier alpha value is -2.36. The van der Waals surface area contributed by atoms with Gasteiger partial charge in [0.2, 0.25) is 0 Å². The first-order chi connectivity index (χ1) is 10.2. The van der Waals surface area contributed by atoms with Gasteiger partial charge in [0, 0.05) is 18.5 Å². The quantitative estimate of drug-likeness (QED) is 0.815. The van der Waals surface area contributed by atoms with Gasteiger partial charge in [-0.05, 0) is 29.8 Å². The van der Waals surface area contributed by atoms with Crippen LogP contribution in [-0.4, -0.2) is 12.9 Å². The first-order valence-electron chi connectivity index (χ1n) is 6.84. The van der Waals surface area contributed by atoms with Crippen LogP contribution in [0.15, 0.2) is 42.5 Å². The molecule has 2 aromatic carbocycles. The van der Waals surface area contributed by atoms with Crippen molar-refractivity contribution in [2.75, 3.05) is 12.4 Å². The second kappa shape index (κ2) is 6.88. The third-order valence-corrected chi connectivity index (χ3v) is 3.26. The summed E-state index contributed by atoms with van der Waals surface area (Å²) >= 11 is 0. The zero-order chi connectivity index (χ0) is 15.2. The lowest BCUT2D eigenvalue weighted by atomic mass is 10.1. The van der Waals surface area contributed by atoms with Gasteiger partial charge < -0.3 is 10.1 Å². The Morgan fingerprint density at radius 2 is 1.90 bits per heavy atom. The van der Waals surface area contributed by atoms with E-state index >= 15 is 0 Å². The molecule has 110 valence electrons. The fourth-order valence-electron chi connectivity index (χ4n) is 2.06. The molecule has 0 atom stereocenters. The summed E-state index contributed by atoms with van der Waals surface area (Å²) in [7, 11) is 1.61. The summed E-state index contributed by atoms with van der Waals surface area (Å²) in [6.07, 6.45) is 0.348. The maximum atomic E-state index is 13.9. The molecule has 0 heterocycles. The number of ether oxygens (including phenoxy) is 1. The number of ketones is 1. The highest BCUT2D eigenvalue weighted by atomic mass is 19.1. The molecule has 21 heavy (non-hydrogen) atoms. The molecule has 0 aliphatic heterocycles. The fourth-order valence-corrected chi connectivity index (χ4v) is 2.06. The molecule has 0 radical (unpaired) electrons. The smallest absolute Gasteiger partial charge is 0.164 e. The highest BCUT2D eigenvalue weighted by Crippen LogP contribution is 2.22. The second-order valence-corrected chi connectivity index (χ2v) is 4.64. The molecule has 3 nitrogen and oxygen atoms in total. The van der Waals surface area contributed by atoms with Crippen molar-refractivity contribution in [1.82, 2.24) is 0 Å². The number of carbonyl (C=O) groups excluding carboxylic acids is 1. The number of nitrogens with one attached hydrogen (secondary N) is 1. The predicted molar refractivity (Wildman–Crippen MR) is 81.3 cm³/mol. The highest BCUT2D eigenvalue weighted by Gasteiger charge is 2.13. The summed E-state index contributed by atoms with van der Waals surface area (Å²) in [6, 6.07) is 12.0. The summed E-state index contributed by atoms with van der Waals surface area (Å²) in [6.45, 7) is 2.20. The second-order valence-electron chi connectivity index (χ2n) is 4.64. The van der Waals surface area contributed by atoms with Crippen molar-refractivity contribution in [3.05, 3.63) is 59.4 Å². The molecule has 4 heteroatoms. The molecule has 0 fully saturated rings. The first-order valence-corrected chi connectivity index (χ1v) is 6.84. The van der Waals surface area contributed by atoms with Gasteiger partial charge in [-0.15, -0.1) is 0 Å². The molecule has 0 amide bonds. The van der Waals surface area contributed by atoms with Crippen molar-refractivity contribution in [2.45, 2.75) is 19.9 Å². The number of Topliss-reactive ketones (excluding diaryl/α,β-unsaturated/α-hetero) is 1. The third kappa shape index (κ3) is 3.60. The highest BCUT2D eigenvalue weighted by molar-refractivity contribution is 6.01. The van der Waals surface area contributed by atoms with Gasteiger partial charge in [0.25, 0.3) is 0 Å². The van der Waals surface area contributed by atoms with Crippen molar-refractivity contribution in [2.24, 2.45) is 0 Å². The van der Waals surface area contributed by atoms with Gasteiger partial charge in [0.15, 0.2) is 5.78 Å². The predicted octanol–water partition coefficient (Wildman–Crippen LogP) is 4.04. The molecule has 1 N–H and O–H groups in total. The van der Waals surface area contributed by atoms with Crippen molar-refractivity contribution in [3.8, 4) is 5.75 Å². The number of halogens is 1. The molecular formula is C17H18FNO2. The first kappa shape index (κ1) is 15.0. The van der Waals surface area contributed by atoms with Crippen molar-refractivity contribution in [3.63, 3.8) is 0 Å².